The number of anilines is 1. The van der Waals surface area contributed by atoms with Gasteiger partial charge < -0.3 is 14.4 Å². The fourth-order valence-electron chi connectivity index (χ4n) is 2.16. The van der Waals surface area contributed by atoms with Crippen LogP contribution in [0.5, 0.6) is 0 Å². The molecule has 0 N–H and O–H groups in total. The van der Waals surface area contributed by atoms with Gasteiger partial charge in [0.1, 0.15) is 0 Å². The number of carbonyl (C=O) groups is 1. The summed E-state index contributed by atoms with van der Waals surface area (Å²) in [5.74, 6) is -0.289. The van der Waals surface area contributed by atoms with Gasteiger partial charge in [-0.3, -0.25) is 4.79 Å². The Kier molecular flexibility index (Phi) is 4.83. The van der Waals surface area contributed by atoms with Gasteiger partial charge in [-0.25, -0.2) is 0 Å². The number of morpholine rings is 1. The second-order valence-electron chi connectivity index (χ2n) is 4.50. The van der Waals surface area contributed by atoms with Gasteiger partial charge in [-0.2, -0.15) is 5.26 Å². The zero-order valence-electron chi connectivity index (χ0n) is 11.1. The highest BCUT2D eigenvalue weighted by Crippen LogP contribution is 2.28. The summed E-state index contributed by atoms with van der Waals surface area (Å²) in [7, 11) is 1.36. The van der Waals surface area contributed by atoms with Gasteiger partial charge in [-0.05, 0) is 18.2 Å². The number of rotatable bonds is 3. The van der Waals surface area contributed by atoms with Crippen molar-refractivity contribution < 1.29 is 14.3 Å². The fraction of sp³-hybridized carbons (Fsp3) is 0.429. The lowest BCUT2D eigenvalue weighted by atomic mass is 10.1. The smallest absolute Gasteiger partial charge is 0.308 e. The molecule has 0 aliphatic carbocycles. The third-order valence-corrected chi connectivity index (χ3v) is 3.48. The first-order valence-corrected chi connectivity index (χ1v) is 6.65. The lowest BCUT2D eigenvalue weighted by Gasteiger charge is -2.34. The molecule has 1 heterocycles. The molecule has 1 aliphatic rings. The minimum Gasteiger partial charge on any atom is -0.469 e. The highest BCUT2D eigenvalue weighted by molar-refractivity contribution is 6.33. The van der Waals surface area contributed by atoms with Gasteiger partial charge in [0, 0.05) is 13.1 Å². The summed E-state index contributed by atoms with van der Waals surface area (Å²) in [5.41, 5.74) is 1.38. The molecular formula is C14H15ClN2O3. The van der Waals surface area contributed by atoms with Crippen molar-refractivity contribution in [1.29, 1.82) is 5.26 Å². The van der Waals surface area contributed by atoms with Crippen molar-refractivity contribution in [3.05, 3.63) is 28.8 Å². The van der Waals surface area contributed by atoms with Gasteiger partial charge in [-0.15, -0.1) is 0 Å². The molecule has 5 nitrogen and oxygen atoms in total. The average molecular weight is 295 g/mol. The van der Waals surface area contributed by atoms with Gasteiger partial charge >= 0.3 is 5.97 Å². The Bertz CT molecular complexity index is 542. The largest absolute Gasteiger partial charge is 0.469 e. The predicted octanol–water partition coefficient (Wildman–Crippen LogP) is 1.98. The van der Waals surface area contributed by atoms with Crippen LogP contribution < -0.4 is 4.90 Å². The van der Waals surface area contributed by atoms with E-state index in [1.54, 1.807) is 12.1 Å². The molecule has 1 unspecified atom stereocenters. The summed E-state index contributed by atoms with van der Waals surface area (Å²) < 4.78 is 10.2. The van der Waals surface area contributed by atoms with E-state index in [9.17, 15) is 4.79 Å². The molecule has 2 rings (SSSR count). The van der Waals surface area contributed by atoms with E-state index in [1.807, 2.05) is 6.07 Å². The first-order valence-electron chi connectivity index (χ1n) is 6.27. The minimum atomic E-state index is -0.289. The Morgan fingerprint density at radius 2 is 2.45 bits per heavy atom. The van der Waals surface area contributed by atoms with Crippen molar-refractivity contribution in [3.63, 3.8) is 0 Å². The van der Waals surface area contributed by atoms with Crippen molar-refractivity contribution in [2.45, 2.75) is 12.5 Å². The number of hydrogen-bond donors (Lipinski definition) is 0. The molecule has 1 fully saturated rings. The van der Waals surface area contributed by atoms with Gasteiger partial charge in [0.25, 0.3) is 0 Å². The summed E-state index contributed by atoms with van der Waals surface area (Å²) in [5, 5.41) is 9.37. The van der Waals surface area contributed by atoms with Crippen molar-refractivity contribution in [2.24, 2.45) is 0 Å². The number of halogens is 1. The second kappa shape index (κ2) is 6.60. The number of nitriles is 1. The van der Waals surface area contributed by atoms with Crippen LogP contribution in [0.15, 0.2) is 18.2 Å². The Morgan fingerprint density at radius 1 is 1.65 bits per heavy atom. The molecule has 1 saturated heterocycles. The van der Waals surface area contributed by atoms with Gasteiger partial charge in [0.2, 0.25) is 0 Å². The summed E-state index contributed by atoms with van der Waals surface area (Å²) >= 11 is 6.20. The molecule has 1 aromatic carbocycles. The normalized spacial score (nSPS) is 18.4. The molecule has 0 spiro atoms. The Hall–Kier alpha value is -1.77. The predicted molar refractivity (Wildman–Crippen MR) is 74.8 cm³/mol. The molecule has 20 heavy (non-hydrogen) atoms. The van der Waals surface area contributed by atoms with Crippen molar-refractivity contribution >= 4 is 23.3 Å². The molecule has 106 valence electrons. The second-order valence-corrected chi connectivity index (χ2v) is 4.90. The maximum atomic E-state index is 11.3. The molecule has 1 aromatic rings. The number of benzene rings is 1. The van der Waals surface area contributed by atoms with E-state index >= 15 is 0 Å². The standard InChI is InChI=1S/C14H15ClN2O3/c1-19-14(18)7-11-9-17(4-5-20-11)13-3-2-10(8-16)6-12(13)15/h2-3,6,11H,4-5,7,9H2,1H3. The molecule has 1 atom stereocenters. The quantitative estimate of drug-likeness (QED) is 0.798. The van der Waals surface area contributed by atoms with Gasteiger partial charge in [-0.1, -0.05) is 11.6 Å². The molecule has 0 bridgehead atoms. The third-order valence-electron chi connectivity index (χ3n) is 3.18. The first kappa shape index (κ1) is 14.6. The molecule has 0 radical (unpaired) electrons. The van der Waals surface area contributed by atoms with Crippen molar-refractivity contribution in [2.75, 3.05) is 31.7 Å². The fourth-order valence-corrected chi connectivity index (χ4v) is 2.46. The average Bonchev–Trinajstić information content (AvgIpc) is 2.47. The molecule has 6 heteroatoms. The van der Waals surface area contributed by atoms with E-state index in [2.05, 4.69) is 15.7 Å². The monoisotopic (exact) mass is 294 g/mol. The van der Waals surface area contributed by atoms with Crippen LogP contribution in [0.4, 0.5) is 5.69 Å². The maximum absolute atomic E-state index is 11.3. The zero-order valence-corrected chi connectivity index (χ0v) is 11.9. The van der Waals surface area contributed by atoms with Crippen LogP contribution in [0.25, 0.3) is 0 Å². The van der Waals surface area contributed by atoms with Crippen LogP contribution in [0, 0.1) is 11.3 Å². The van der Waals surface area contributed by atoms with E-state index in [4.69, 9.17) is 21.6 Å². The SMILES string of the molecule is COC(=O)CC1CN(c2ccc(C#N)cc2Cl)CCO1. The molecule has 0 aromatic heterocycles. The van der Waals surface area contributed by atoms with Crippen LogP contribution in [-0.2, 0) is 14.3 Å². The van der Waals surface area contributed by atoms with E-state index in [0.29, 0.717) is 30.3 Å². The van der Waals surface area contributed by atoms with E-state index in [-0.39, 0.29) is 18.5 Å². The molecule has 1 aliphatic heterocycles. The Morgan fingerprint density at radius 3 is 3.10 bits per heavy atom. The Balaban J connectivity index is 2.09. The first-order chi connectivity index (χ1) is 9.63. The van der Waals surface area contributed by atoms with E-state index in [1.165, 1.54) is 7.11 Å². The molecular weight excluding hydrogens is 280 g/mol. The third kappa shape index (κ3) is 3.41. The maximum Gasteiger partial charge on any atom is 0.308 e. The Labute approximate surface area is 122 Å². The number of nitrogens with zero attached hydrogens (tertiary/aromatic N) is 2. The molecule has 0 saturated carbocycles. The number of esters is 1. The van der Waals surface area contributed by atoms with Gasteiger partial charge in [0.05, 0.1) is 48.6 Å². The van der Waals surface area contributed by atoms with Crippen LogP contribution >= 0.6 is 11.6 Å². The number of carbonyl (C=O) groups excluding carboxylic acids is 1. The van der Waals surface area contributed by atoms with E-state index in [0.717, 1.165) is 5.69 Å². The summed E-state index contributed by atoms with van der Waals surface area (Å²) in [4.78, 5) is 13.3. The zero-order chi connectivity index (χ0) is 14.5. The minimum absolute atomic E-state index is 0.206. The highest BCUT2D eigenvalue weighted by atomic mass is 35.5. The number of hydrogen-bond acceptors (Lipinski definition) is 5. The van der Waals surface area contributed by atoms with E-state index < -0.39 is 0 Å². The number of ether oxygens (including phenoxy) is 2. The summed E-state index contributed by atoms with van der Waals surface area (Å²) in [6.07, 6.45) is 0.0175. The summed E-state index contributed by atoms with van der Waals surface area (Å²) in [6, 6.07) is 7.24. The molecule has 0 amide bonds. The number of methoxy groups -OCH3 is 1. The van der Waals surface area contributed by atoms with Crippen LogP contribution in [0.2, 0.25) is 5.02 Å². The van der Waals surface area contributed by atoms with Crippen molar-refractivity contribution in [3.8, 4) is 6.07 Å². The van der Waals surface area contributed by atoms with Crippen molar-refractivity contribution in [1.82, 2.24) is 0 Å². The highest BCUT2D eigenvalue weighted by Gasteiger charge is 2.24. The van der Waals surface area contributed by atoms with Crippen LogP contribution in [0.1, 0.15) is 12.0 Å². The lowest BCUT2D eigenvalue weighted by Crippen LogP contribution is -2.43. The van der Waals surface area contributed by atoms with Crippen LogP contribution in [-0.4, -0.2) is 38.9 Å². The lowest BCUT2D eigenvalue weighted by molar-refractivity contribution is -0.144. The van der Waals surface area contributed by atoms with Gasteiger partial charge in [0.15, 0.2) is 0 Å². The van der Waals surface area contributed by atoms with Crippen LogP contribution in [0.3, 0.4) is 0 Å². The topological polar surface area (TPSA) is 62.6 Å². The summed E-state index contributed by atoms with van der Waals surface area (Å²) in [6.45, 7) is 1.79.